The predicted molar refractivity (Wildman–Crippen MR) is 159 cm³/mol. The van der Waals surface area contributed by atoms with Crippen LogP contribution < -0.4 is 15.7 Å². The lowest BCUT2D eigenvalue weighted by Crippen LogP contribution is -2.55. The molecule has 278 valence electrons. The number of rotatable bonds is 9. The van der Waals surface area contributed by atoms with Gasteiger partial charge in [0.15, 0.2) is 0 Å². The van der Waals surface area contributed by atoms with Gasteiger partial charge in [-0.1, -0.05) is 13.0 Å². The molecule has 0 spiro atoms. The fourth-order valence-corrected chi connectivity index (χ4v) is 5.84. The average molecular weight is 743 g/mol. The van der Waals surface area contributed by atoms with Crippen molar-refractivity contribution in [3.8, 4) is 5.75 Å². The minimum absolute atomic E-state index is 0.0210. The smallest absolute Gasteiger partial charge is 0.416 e. The van der Waals surface area contributed by atoms with Crippen molar-refractivity contribution in [3.63, 3.8) is 0 Å². The number of ether oxygens (including phenoxy) is 1. The van der Waals surface area contributed by atoms with Crippen LogP contribution >= 0.6 is 0 Å². The predicted octanol–water partition coefficient (Wildman–Crippen LogP) is 8.20. The maximum atomic E-state index is 13.9. The van der Waals surface area contributed by atoms with Gasteiger partial charge in [0, 0.05) is 39.3 Å². The molecule has 1 saturated heterocycles. The Morgan fingerprint density at radius 3 is 1.78 bits per heavy atom. The molecule has 0 aromatic heterocycles. The van der Waals surface area contributed by atoms with Crippen LogP contribution in [0.1, 0.15) is 58.3 Å². The summed E-state index contributed by atoms with van der Waals surface area (Å²) in [7, 11) is 1.45. The average Bonchev–Trinajstić information content (AvgIpc) is 3.44. The Morgan fingerprint density at radius 1 is 0.745 bits per heavy atom. The van der Waals surface area contributed by atoms with Crippen LogP contribution in [0.15, 0.2) is 65.8 Å². The lowest BCUT2D eigenvalue weighted by Gasteiger charge is -2.44. The number of hydrazone groups is 1. The summed E-state index contributed by atoms with van der Waals surface area (Å²) in [6.45, 7) is 1.26. The number of benzene rings is 3. The Hall–Kier alpha value is -4.39. The maximum Gasteiger partial charge on any atom is 0.416 e. The summed E-state index contributed by atoms with van der Waals surface area (Å²) >= 11 is 0. The minimum atomic E-state index is -5.13. The highest BCUT2D eigenvalue weighted by atomic mass is 19.4. The van der Waals surface area contributed by atoms with Gasteiger partial charge in [-0.05, 0) is 77.7 Å². The molecule has 7 nitrogen and oxygen atoms in total. The molecule has 2 heterocycles. The third-order valence-electron chi connectivity index (χ3n) is 8.27. The Balaban J connectivity index is 1.44. The van der Waals surface area contributed by atoms with E-state index in [2.05, 4.69) is 16.1 Å². The zero-order valence-corrected chi connectivity index (χ0v) is 26.7. The van der Waals surface area contributed by atoms with Gasteiger partial charge in [-0.25, -0.2) is 5.53 Å². The van der Waals surface area contributed by atoms with E-state index in [0.717, 1.165) is 24.3 Å². The van der Waals surface area contributed by atoms with Crippen LogP contribution in [0.2, 0.25) is 0 Å². The van der Waals surface area contributed by atoms with Gasteiger partial charge in [-0.3, -0.25) is 10.3 Å². The van der Waals surface area contributed by atoms with E-state index in [1.165, 1.54) is 35.3 Å². The highest BCUT2D eigenvalue weighted by Crippen LogP contribution is 2.39. The Bertz CT molecular complexity index is 1680. The standard InChI is InChI=1S/C32H30F12N6O/c1-3-27(49-16-25(17-49)51-24-7-4-20(5-8-24)29(33,34)35)26-9-6-21(30(36,37)38)12-19(26)15-50(28-45-47-48(2)46-28)14-18-10-22(31(39,40)41)13-23(11-18)32(42,43)44/h4-13,25,27,47H,3,14-17H2,1-2H3,(H,45,46). The first kappa shape index (κ1) is 37.9. The first-order valence-corrected chi connectivity index (χ1v) is 15.3. The first-order chi connectivity index (χ1) is 23.6. The van der Waals surface area contributed by atoms with Gasteiger partial charge in [-0.2, -0.15) is 52.7 Å². The third kappa shape index (κ3) is 9.10. The fraction of sp³-hybridized carbons (Fsp3) is 0.406. The van der Waals surface area contributed by atoms with Gasteiger partial charge in [0.05, 0.1) is 22.3 Å². The van der Waals surface area contributed by atoms with Crippen molar-refractivity contribution in [1.29, 1.82) is 0 Å². The van der Waals surface area contributed by atoms with Crippen LogP contribution in [-0.2, 0) is 37.8 Å². The molecule has 5 rings (SSSR count). The van der Waals surface area contributed by atoms with E-state index in [4.69, 9.17) is 4.74 Å². The summed E-state index contributed by atoms with van der Waals surface area (Å²) in [5.74, 6) is 0.104. The van der Waals surface area contributed by atoms with Crippen LogP contribution in [-0.4, -0.2) is 47.1 Å². The quantitative estimate of drug-likeness (QED) is 0.216. The summed E-state index contributed by atoms with van der Waals surface area (Å²) < 4.78 is 168. The molecule has 0 aliphatic carbocycles. The second-order valence-corrected chi connectivity index (χ2v) is 12.0. The highest BCUT2D eigenvalue weighted by molar-refractivity contribution is 5.80. The van der Waals surface area contributed by atoms with Gasteiger partial charge in [0.2, 0.25) is 5.96 Å². The monoisotopic (exact) mass is 742 g/mol. The van der Waals surface area contributed by atoms with E-state index in [-0.39, 0.29) is 36.4 Å². The number of alkyl halides is 12. The molecule has 51 heavy (non-hydrogen) atoms. The molecule has 2 aliphatic rings. The normalized spacial score (nSPS) is 17.0. The summed E-state index contributed by atoms with van der Waals surface area (Å²) in [6.07, 6.45) is -19.6. The number of guanidine groups is 1. The summed E-state index contributed by atoms with van der Waals surface area (Å²) in [5, 5.41) is 5.22. The van der Waals surface area contributed by atoms with Gasteiger partial charge in [0.1, 0.15) is 11.9 Å². The van der Waals surface area contributed by atoms with Crippen molar-refractivity contribution in [3.05, 3.63) is 99.6 Å². The van der Waals surface area contributed by atoms with E-state index >= 15 is 0 Å². The molecule has 3 aromatic rings. The van der Waals surface area contributed by atoms with E-state index in [1.807, 2.05) is 4.90 Å². The molecule has 0 amide bonds. The first-order valence-electron chi connectivity index (χ1n) is 15.3. The van der Waals surface area contributed by atoms with Gasteiger partial charge >= 0.3 is 24.7 Å². The lowest BCUT2D eigenvalue weighted by atomic mass is 9.92. The third-order valence-corrected chi connectivity index (χ3v) is 8.27. The van der Waals surface area contributed by atoms with E-state index in [1.54, 1.807) is 6.92 Å². The Morgan fingerprint density at radius 2 is 1.29 bits per heavy atom. The van der Waals surface area contributed by atoms with Crippen molar-refractivity contribution in [2.24, 2.45) is 5.10 Å². The number of nitrogens with one attached hydrogen (secondary N) is 2. The van der Waals surface area contributed by atoms with Crippen molar-refractivity contribution >= 4 is 5.96 Å². The number of likely N-dealkylation sites (tertiary alicyclic amines) is 1. The number of hydrogen-bond donors (Lipinski definition) is 2. The van der Waals surface area contributed by atoms with Crippen LogP contribution in [0.25, 0.3) is 0 Å². The molecule has 1 fully saturated rings. The summed E-state index contributed by atoms with van der Waals surface area (Å²) in [4.78, 5) is 3.10. The van der Waals surface area contributed by atoms with Crippen LogP contribution in [0, 0.1) is 0 Å². The molecule has 19 heteroatoms. The Kier molecular flexibility index (Phi) is 10.4. The second-order valence-electron chi connectivity index (χ2n) is 12.0. The molecule has 2 aliphatic heterocycles. The fourth-order valence-electron chi connectivity index (χ4n) is 5.84. The van der Waals surface area contributed by atoms with Crippen LogP contribution in [0.4, 0.5) is 52.7 Å². The molecule has 1 unspecified atom stereocenters. The molecule has 0 bridgehead atoms. The van der Waals surface area contributed by atoms with Gasteiger partial charge < -0.3 is 9.64 Å². The van der Waals surface area contributed by atoms with E-state index < -0.39 is 77.8 Å². The Labute approximate surface area is 283 Å². The SMILES string of the molecule is CCC(c1ccc(C(F)(F)F)cc1CN(Cc1cc(C(F)(F)F)cc(C(F)(F)F)c1)C1=NNN(C)N1)N1CC(Oc2ccc(C(F)(F)F)cc2)C1. The maximum absolute atomic E-state index is 13.9. The lowest BCUT2D eigenvalue weighted by molar-refractivity contribution is -0.143. The number of hydrogen-bond acceptors (Lipinski definition) is 7. The van der Waals surface area contributed by atoms with E-state index in [0.29, 0.717) is 24.1 Å². The molecule has 0 radical (unpaired) electrons. The second kappa shape index (κ2) is 14.0. The van der Waals surface area contributed by atoms with Crippen molar-refractivity contribution in [2.45, 2.75) is 63.3 Å². The molecular weight excluding hydrogens is 712 g/mol. The molecule has 1 atom stereocenters. The molecule has 3 aromatic carbocycles. The van der Waals surface area contributed by atoms with Gasteiger partial charge in [0.25, 0.3) is 0 Å². The van der Waals surface area contributed by atoms with Gasteiger partial charge in [-0.15, -0.1) is 10.2 Å². The minimum Gasteiger partial charge on any atom is -0.488 e. The largest absolute Gasteiger partial charge is 0.488 e. The highest BCUT2D eigenvalue weighted by Gasteiger charge is 2.39. The summed E-state index contributed by atoms with van der Waals surface area (Å²) in [6, 6.07) is 7.68. The number of halogens is 12. The number of hydrazine groups is 2. The topological polar surface area (TPSA) is 55.4 Å². The zero-order valence-electron chi connectivity index (χ0n) is 26.7. The van der Waals surface area contributed by atoms with E-state index in [9.17, 15) is 52.7 Å². The van der Waals surface area contributed by atoms with Crippen molar-refractivity contribution < 1.29 is 57.4 Å². The van der Waals surface area contributed by atoms with Crippen molar-refractivity contribution in [2.75, 3.05) is 20.1 Å². The molecular formula is C32H30F12N6O. The summed E-state index contributed by atoms with van der Waals surface area (Å²) in [5.41, 5.74) is 0.280. The molecule has 0 saturated carbocycles. The van der Waals surface area contributed by atoms with Crippen LogP contribution in [0.3, 0.4) is 0 Å². The zero-order chi connectivity index (χ0) is 37.5. The van der Waals surface area contributed by atoms with Crippen molar-refractivity contribution in [1.82, 2.24) is 25.9 Å². The number of nitrogens with zero attached hydrogens (tertiary/aromatic N) is 4. The van der Waals surface area contributed by atoms with Crippen LogP contribution in [0.5, 0.6) is 5.75 Å². The molecule has 2 N–H and O–H groups in total.